The average Bonchev–Trinajstić information content (AvgIpc) is 3.21. The van der Waals surface area contributed by atoms with Gasteiger partial charge in [-0.05, 0) is 65.9 Å². The molecule has 0 aliphatic heterocycles. The van der Waals surface area contributed by atoms with E-state index in [1.807, 2.05) is 43.5 Å². The number of rotatable bonds is 7. The summed E-state index contributed by atoms with van der Waals surface area (Å²) in [7, 11) is 1.42. The van der Waals surface area contributed by atoms with E-state index < -0.39 is 11.9 Å². The van der Waals surface area contributed by atoms with Gasteiger partial charge in [0.25, 0.3) is 5.91 Å². The maximum atomic E-state index is 14.2. The van der Waals surface area contributed by atoms with Crippen LogP contribution < -0.4 is 10.1 Å². The standard InChI is InChI=1S/C26H25FN2O3/c1-16-7-8-18(12-22(16)17-9-10-25(32-2)23(27)13-17)26(31)29-20(15-30)11-19-14-28-24-6-4-3-5-21(19)24/h3-10,12-14,20,28,30H,11,15H2,1-2H3,(H,29,31)/t20-/m1/s1. The number of H-pyrrole nitrogens is 1. The Labute approximate surface area is 185 Å². The van der Waals surface area contributed by atoms with Crippen LogP contribution >= 0.6 is 0 Å². The quantitative estimate of drug-likeness (QED) is 0.399. The van der Waals surface area contributed by atoms with Crippen molar-refractivity contribution in [2.75, 3.05) is 13.7 Å². The molecule has 1 amide bonds. The third-order valence-corrected chi connectivity index (χ3v) is 5.66. The molecule has 5 nitrogen and oxygen atoms in total. The van der Waals surface area contributed by atoms with Crippen molar-refractivity contribution in [1.29, 1.82) is 0 Å². The Kier molecular flexibility index (Phi) is 6.23. The van der Waals surface area contributed by atoms with Crippen LogP contribution in [0.5, 0.6) is 5.75 Å². The molecule has 1 heterocycles. The lowest BCUT2D eigenvalue weighted by molar-refractivity contribution is 0.0916. The number of para-hydroxylation sites is 1. The summed E-state index contributed by atoms with van der Waals surface area (Å²) in [6.45, 7) is 1.72. The van der Waals surface area contributed by atoms with Crippen molar-refractivity contribution in [3.8, 4) is 16.9 Å². The molecule has 0 fully saturated rings. The van der Waals surface area contributed by atoms with Gasteiger partial charge in [-0.3, -0.25) is 4.79 Å². The molecule has 4 aromatic rings. The fourth-order valence-electron chi connectivity index (χ4n) is 3.90. The third kappa shape index (κ3) is 4.36. The van der Waals surface area contributed by atoms with E-state index in [1.165, 1.54) is 13.2 Å². The molecule has 0 saturated carbocycles. The fourth-order valence-corrected chi connectivity index (χ4v) is 3.90. The molecular formula is C26H25FN2O3. The van der Waals surface area contributed by atoms with Crippen LogP contribution in [0, 0.1) is 12.7 Å². The minimum Gasteiger partial charge on any atom is -0.494 e. The summed E-state index contributed by atoms with van der Waals surface area (Å²) < 4.78 is 19.2. The first-order valence-electron chi connectivity index (χ1n) is 10.4. The summed E-state index contributed by atoms with van der Waals surface area (Å²) in [5.41, 5.74) is 4.82. The van der Waals surface area contributed by atoms with E-state index in [4.69, 9.17) is 4.74 Å². The van der Waals surface area contributed by atoms with Gasteiger partial charge >= 0.3 is 0 Å². The molecule has 164 valence electrons. The predicted molar refractivity (Wildman–Crippen MR) is 123 cm³/mol. The first-order chi connectivity index (χ1) is 15.5. The lowest BCUT2D eigenvalue weighted by atomic mass is 9.97. The minimum atomic E-state index is -0.460. The van der Waals surface area contributed by atoms with Crippen LogP contribution in [0.25, 0.3) is 22.0 Å². The second-order valence-electron chi connectivity index (χ2n) is 7.80. The van der Waals surface area contributed by atoms with Crippen molar-refractivity contribution >= 4 is 16.8 Å². The lowest BCUT2D eigenvalue weighted by Gasteiger charge is -2.17. The van der Waals surface area contributed by atoms with E-state index in [-0.39, 0.29) is 18.3 Å². The molecule has 0 spiro atoms. The van der Waals surface area contributed by atoms with Crippen LogP contribution in [-0.2, 0) is 6.42 Å². The number of aliphatic hydroxyl groups excluding tert-OH is 1. The Balaban J connectivity index is 1.55. The monoisotopic (exact) mass is 432 g/mol. The first-order valence-corrected chi connectivity index (χ1v) is 10.4. The van der Waals surface area contributed by atoms with Crippen LogP contribution in [0.1, 0.15) is 21.5 Å². The van der Waals surface area contributed by atoms with Crippen molar-refractivity contribution < 1.29 is 19.0 Å². The van der Waals surface area contributed by atoms with E-state index in [9.17, 15) is 14.3 Å². The Morgan fingerprint density at radius 1 is 1.16 bits per heavy atom. The highest BCUT2D eigenvalue weighted by molar-refractivity contribution is 5.96. The third-order valence-electron chi connectivity index (χ3n) is 5.66. The highest BCUT2D eigenvalue weighted by atomic mass is 19.1. The Bertz CT molecular complexity index is 1270. The van der Waals surface area contributed by atoms with Gasteiger partial charge in [0.2, 0.25) is 0 Å². The summed E-state index contributed by atoms with van der Waals surface area (Å²) >= 11 is 0. The zero-order chi connectivity index (χ0) is 22.7. The van der Waals surface area contributed by atoms with Crippen molar-refractivity contribution in [2.24, 2.45) is 0 Å². The number of amides is 1. The van der Waals surface area contributed by atoms with Crippen LogP contribution in [0.4, 0.5) is 4.39 Å². The molecule has 0 bridgehead atoms. The first kappa shape index (κ1) is 21.6. The fraction of sp³-hybridized carbons (Fsp3) is 0.192. The summed E-state index contributed by atoms with van der Waals surface area (Å²) in [5, 5.41) is 13.9. The van der Waals surface area contributed by atoms with Crippen molar-refractivity contribution in [3.05, 3.63) is 89.4 Å². The highest BCUT2D eigenvalue weighted by Gasteiger charge is 2.17. The zero-order valence-corrected chi connectivity index (χ0v) is 18.0. The number of benzene rings is 3. The van der Waals surface area contributed by atoms with Crippen LogP contribution in [-0.4, -0.2) is 35.8 Å². The number of hydrogen-bond acceptors (Lipinski definition) is 3. The van der Waals surface area contributed by atoms with Gasteiger partial charge in [-0.1, -0.05) is 30.3 Å². The van der Waals surface area contributed by atoms with Crippen LogP contribution in [0.15, 0.2) is 66.9 Å². The van der Waals surface area contributed by atoms with Crippen molar-refractivity contribution in [3.63, 3.8) is 0 Å². The van der Waals surface area contributed by atoms with Gasteiger partial charge in [0, 0.05) is 22.7 Å². The van der Waals surface area contributed by atoms with E-state index in [0.717, 1.165) is 27.6 Å². The number of fused-ring (bicyclic) bond motifs is 1. The maximum Gasteiger partial charge on any atom is 0.251 e. The minimum absolute atomic E-state index is 0.170. The smallest absolute Gasteiger partial charge is 0.251 e. The number of carbonyl (C=O) groups excluding carboxylic acids is 1. The van der Waals surface area contributed by atoms with E-state index >= 15 is 0 Å². The molecule has 0 radical (unpaired) electrons. The summed E-state index contributed by atoms with van der Waals surface area (Å²) in [6, 6.07) is 17.5. The largest absolute Gasteiger partial charge is 0.494 e. The molecule has 0 aliphatic carbocycles. The van der Waals surface area contributed by atoms with E-state index in [2.05, 4.69) is 10.3 Å². The molecule has 3 aromatic carbocycles. The van der Waals surface area contributed by atoms with Gasteiger partial charge in [-0.2, -0.15) is 0 Å². The molecule has 0 unspecified atom stereocenters. The van der Waals surface area contributed by atoms with E-state index in [1.54, 1.807) is 24.3 Å². The number of hydrogen-bond donors (Lipinski definition) is 3. The number of aromatic amines is 1. The number of ether oxygens (including phenoxy) is 1. The van der Waals surface area contributed by atoms with Gasteiger partial charge in [0.15, 0.2) is 11.6 Å². The second-order valence-corrected chi connectivity index (χ2v) is 7.80. The molecule has 0 saturated heterocycles. The van der Waals surface area contributed by atoms with Gasteiger partial charge < -0.3 is 20.1 Å². The SMILES string of the molecule is COc1ccc(-c2cc(C(=O)N[C@@H](CO)Cc3c[nH]c4ccccc34)ccc2C)cc1F. The summed E-state index contributed by atoms with van der Waals surface area (Å²) in [6.07, 6.45) is 2.40. The molecule has 1 aromatic heterocycles. The van der Waals surface area contributed by atoms with Crippen molar-refractivity contribution in [1.82, 2.24) is 10.3 Å². The molecule has 0 aliphatic rings. The lowest BCUT2D eigenvalue weighted by Crippen LogP contribution is -2.39. The molecular weight excluding hydrogens is 407 g/mol. The number of nitrogens with one attached hydrogen (secondary N) is 2. The van der Waals surface area contributed by atoms with Gasteiger partial charge in [-0.15, -0.1) is 0 Å². The molecule has 6 heteroatoms. The number of aliphatic hydroxyl groups is 1. The van der Waals surface area contributed by atoms with Gasteiger partial charge in [-0.25, -0.2) is 4.39 Å². The normalized spacial score (nSPS) is 12.0. The second kappa shape index (κ2) is 9.24. The van der Waals surface area contributed by atoms with Gasteiger partial charge in [0.05, 0.1) is 19.8 Å². The Hall–Kier alpha value is -3.64. The number of methoxy groups -OCH3 is 1. The summed E-state index contributed by atoms with van der Waals surface area (Å²) in [5.74, 6) is -0.583. The molecule has 32 heavy (non-hydrogen) atoms. The predicted octanol–water partition coefficient (Wildman–Crippen LogP) is 4.62. The number of aromatic nitrogens is 1. The molecule has 4 rings (SSSR count). The highest BCUT2D eigenvalue weighted by Crippen LogP contribution is 2.29. The number of carbonyl (C=O) groups is 1. The van der Waals surface area contributed by atoms with Crippen LogP contribution in [0.2, 0.25) is 0 Å². The van der Waals surface area contributed by atoms with Crippen molar-refractivity contribution in [2.45, 2.75) is 19.4 Å². The van der Waals surface area contributed by atoms with Crippen LogP contribution in [0.3, 0.4) is 0 Å². The average molecular weight is 432 g/mol. The molecule has 1 atom stereocenters. The van der Waals surface area contributed by atoms with E-state index in [0.29, 0.717) is 17.5 Å². The Morgan fingerprint density at radius 3 is 2.72 bits per heavy atom. The maximum absolute atomic E-state index is 14.2. The topological polar surface area (TPSA) is 74.3 Å². The Morgan fingerprint density at radius 2 is 1.97 bits per heavy atom. The summed E-state index contributed by atoms with van der Waals surface area (Å²) in [4.78, 5) is 16.2. The van der Waals surface area contributed by atoms with Gasteiger partial charge in [0.1, 0.15) is 0 Å². The molecule has 3 N–H and O–H groups in total. The number of halogens is 1. The zero-order valence-electron chi connectivity index (χ0n) is 18.0. The number of aryl methyl sites for hydroxylation is 1.